The SMILES string of the molecule is COc1cc(N(C)CCN(C)C)c([N+](=O)[O-])cc1Nc1ncnc(Nc2ccc(C)nc2C(C)(C)O)n1. The average molecular weight is 512 g/mol. The minimum absolute atomic E-state index is 0.0856. The molecular formula is C24H33N9O4. The zero-order chi connectivity index (χ0) is 27.3. The zero-order valence-corrected chi connectivity index (χ0v) is 22.1. The van der Waals surface area contributed by atoms with Crippen molar-refractivity contribution in [2.75, 3.05) is 56.9 Å². The summed E-state index contributed by atoms with van der Waals surface area (Å²) in [5.74, 6) is 0.727. The van der Waals surface area contributed by atoms with Crippen molar-refractivity contribution >= 4 is 34.6 Å². The Bertz CT molecular complexity index is 1260. The van der Waals surface area contributed by atoms with E-state index in [0.29, 0.717) is 35.1 Å². The van der Waals surface area contributed by atoms with Crippen LogP contribution in [0.2, 0.25) is 0 Å². The summed E-state index contributed by atoms with van der Waals surface area (Å²) in [4.78, 5) is 32.4. The molecule has 0 aliphatic rings. The third-order valence-electron chi connectivity index (χ3n) is 5.47. The molecule has 0 radical (unpaired) electrons. The highest BCUT2D eigenvalue weighted by atomic mass is 16.6. The third kappa shape index (κ3) is 6.98. The van der Waals surface area contributed by atoms with Crippen LogP contribution < -0.4 is 20.3 Å². The summed E-state index contributed by atoms with van der Waals surface area (Å²) < 4.78 is 5.51. The normalized spacial score (nSPS) is 11.4. The van der Waals surface area contributed by atoms with Crippen molar-refractivity contribution in [3.63, 3.8) is 0 Å². The lowest BCUT2D eigenvalue weighted by molar-refractivity contribution is -0.384. The molecule has 0 aliphatic heterocycles. The number of nitrogens with zero attached hydrogens (tertiary/aromatic N) is 7. The van der Waals surface area contributed by atoms with Crippen LogP contribution in [0.25, 0.3) is 0 Å². The predicted molar refractivity (Wildman–Crippen MR) is 142 cm³/mol. The first-order valence-electron chi connectivity index (χ1n) is 11.5. The minimum atomic E-state index is -1.20. The van der Waals surface area contributed by atoms with Gasteiger partial charge in [-0.15, -0.1) is 0 Å². The van der Waals surface area contributed by atoms with Crippen molar-refractivity contribution in [2.24, 2.45) is 0 Å². The molecule has 3 rings (SSSR count). The van der Waals surface area contributed by atoms with Gasteiger partial charge in [0.15, 0.2) is 0 Å². The van der Waals surface area contributed by atoms with E-state index in [1.54, 1.807) is 39.1 Å². The maximum Gasteiger partial charge on any atom is 0.294 e. The molecule has 0 atom stereocenters. The highest BCUT2D eigenvalue weighted by Crippen LogP contribution is 2.39. The number of likely N-dealkylation sites (N-methyl/N-ethyl adjacent to an activating group) is 2. The largest absolute Gasteiger partial charge is 0.494 e. The molecule has 13 heteroatoms. The average Bonchev–Trinajstić information content (AvgIpc) is 2.83. The number of ether oxygens (including phenoxy) is 1. The molecule has 3 aromatic rings. The zero-order valence-electron chi connectivity index (χ0n) is 22.1. The van der Waals surface area contributed by atoms with Gasteiger partial charge in [-0.3, -0.25) is 15.1 Å². The highest BCUT2D eigenvalue weighted by Gasteiger charge is 2.24. The van der Waals surface area contributed by atoms with Gasteiger partial charge in [-0.25, -0.2) is 9.97 Å². The first-order valence-corrected chi connectivity index (χ1v) is 11.5. The van der Waals surface area contributed by atoms with Gasteiger partial charge in [0.1, 0.15) is 23.4 Å². The first kappa shape index (κ1) is 27.5. The number of nitro benzene ring substituents is 1. The summed E-state index contributed by atoms with van der Waals surface area (Å²) in [6.45, 7) is 6.43. The number of nitrogens with one attached hydrogen (secondary N) is 2. The third-order valence-corrected chi connectivity index (χ3v) is 5.47. The van der Waals surface area contributed by atoms with Crippen LogP contribution in [0.4, 0.5) is 34.6 Å². The molecular weight excluding hydrogens is 478 g/mol. The van der Waals surface area contributed by atoms with Crippen molar-refractivity contribution in [2.45, 2.75) is 26.4 Å². The van der Waals surface area contributed by atoms with Gasteiger partial charge in [0.25, 0.3) is 5.69 Å². The number of aryl methyl sites for hydroxylation is 1. The minimum Gasteiger partial charge on any atom is -0.494 e. The van der Waals surface area contributed by atoms with Gasteiger partial charge >= 0.3 is 0 Å². The Morgan fingerprint density at radius 2 is 1.70 bits per heavy atom. The molecule has 0 fully saturated rings. The summed E-state index contributed by atoms with van der Waals surface area (Å²) in [6.07, 6.45) is 1.30. The van der Waals surface area contributed by atoms with Gasteiger partial charge in [-0.05, 0) is 47.0 Å². The topological polar surface area (TPSA) is 155 Å². The van der Waals surface area contributed by atoms with Gasteiger partial charge in [-0.2, -0.15) is 4.98 Å². The van der Waals surface area contributed by atoms with Gasteiger partial charge < -0.3 is 30.3 Å². The lowest BCUT2D eigenvalue weighted by atomic mass is 10.0. The summed E-state index contributed by atoms with van der Waals surface area (Å²) in [5.41, 5.74) is 1.20. The van der Waals surface area contributed by atoms with Gasteiger partial charge in [-0.1, -0.05) is 0 Å². The number of pyridine rings is 1. The fraction of sp³-hybridized carbons (Fsp3) is 0.417. The van der Waals surface area contributed by atoms with E-state index in [1.165, 1.54) is 19.5 Å². The molecule has 198 valence electrons. The Morgan fingerprint density at radius 1 is 1.05 bits per heavy atom. The van der Waals surface area contributed by atoms with Gasteiger partial charge in [0.2, 0.25) is 11.9 Å². The second-order valence-electron chi connectivity index (χ2n) is 9.31. The molecule has 13 nitrogen and oxygen atoms in total. The van der Waals surface area contributed by atoms with Gasteiger partial charge in [0, 0.05) is 38.0 Å². The van der Waals surface area contributed by atoms with Gasteiger partial charge in [0.05, 0.1) is 29.1 Å². The summed E-state index contributed by atoms with van der Waals surface area (Å²) >= 11 is 0. The van der Waals surface area contributed by atoms with Crippen LogP contribution >= 0.6 is 0 Å². The number of anilines is 5. The van der Waals surface area contributed by atoms with E-state index in [1.807, 2.05) is 30.8 Å². The van der Waals surface area contributed by atoms with E-state index in [-0.39, 0.29) is 17.6 Å². The molecule has 1 aromatic carbocycles. The molecule has 0 spiro atoms. The molecule has 0 aliphatic carbocycles. The second kappa shape index (κ2) is 11.3. The van der Waals surface area contributed by atoms with Crippen LogP contribution in [0.1, 0.15) is 25.2 Å². The van der Waals surface area contributed by atoms with E-state index in [0.717, 1.165) is 12.2 Å². The van der Waals surface area contributed by atoms with Crippen LogP contribution in [0.3, 0.4) is 0 Å². The standard InChI is InChI=1S/C24H33N9O4/c1-15-8-9-16(21(27-15)24(2,3)34)28-22-25-14-26-23(30-22)29-17-12-19(33(35)36)18(13-20(17)37-7)32(6)11-10-31(4)5/h8-9,12-14,34H,10-11H2,1-7H3,(H2,25,26,28,29,30). The second-order valence-corrected chi connectivity index (χ2v) is 9.31. The first-order chi connectivity index (χ1) is 17.4. The van der Waals surface area contributed by atoms with E-state index in [9.17, 15) is 15.2 Å². The molecule has 3 N–H and O–H groups in total. The monoisotopic (exact) mass is 511 g/mol. The van der Waals surface area contributed by atoms with Crippen LogP contribution in [-0.2, 0) is 5.60 Å². The highest BCUT2D eigenvalue weighted by molar-refractivity contribution is 5.76. The Hall–Kier alpha value is -4.10. The predicted octanol–water partition coefficient (Wildman–Crippen LogP) is 3.20. The van der Waals surface area contributed by atoms with Crippen molar-refractivity contribution in [1.82, 2.24) is 24.8 Å². The number of methoxy groups -OCH3 is 1. The van der Waals surface area contributed by atoms with E-state index >= 15 is 0 Å². The lowest BCUT2D eigenvalue weighted by Crippen LogP contribution is -2.29. The fourth-order valence-electron chi connectivity index (χ4n) is 3.53. The number of nitro groups is 1. The Labute approximate surface area is 215 Å². The van der Waals surface area contributed by atoms with Crippen LogP contribution in [0.5, 0.6) is 5.75 Å². The number of hydrogen-bond acceptors (Lipinski definition) is 12. The fourth-order valence-corrected chi connectivity index (χ4v) is 3.53. The summed E-state index contributed by atoms with van der Waals surface area (Å²) in [5, 5.41) is 28.5. The van der Waals surface area contributed by atoms with E-state index in [2.05, 4.69) is 30.6 Å². The van der Waals surface area contributed by atoms with Crippen LogP contribution in [-0.4, -0.2) is 76.2 Å². The maximum atomic E-state index is 11.9. The molecule has 37 heavy (non-hydrogen) atoms. The molecule has 2 heterocycles. The van der Waals surface area contributed by atoms with Crippen molar-refractivity contribution in [3.8, 4) is 5.75 Å². The Morgan fingerprint density at radius 3 is 2.27 bits per heavy atom. The maximum absolute atomic E-state index is 11.9. The number of aromatic nitrogens is 4. The molecule has 0 unspecified atom stereocenters. The Balaban J connectivity index is 1.92. The molecule has 0 saturated carbocycles. The molecule has 0 bridgehead atoms. The summed E-state index contributed by atoms with van der Waals surface area (Å²) in [6, 6.07) is 6.60. The quantitative estimate of drug-likeness (QED) is 0.256. The number of aliphatic hydroxyl groups is 1. The molecule has 0 saturated heterocycles. The van der Waals surface area contributed by atoms with Crippen LogP contribution in [0, 0.1) is 17.0 Å². The van der Waals surface area contributed by atoms with Crippen molar-refractivity contribution < 1.29 is 14.8 Å². The number of rotatable bonds is 11. The van der Waals surface area contributed by atoms with Crippen molar-refractivity contribution in [1.29, 1.82) is 0 Å². The summed E-state index contributed by atoms with van der Waals surface area (Å²) in [7, 11) is 7.16. The lowest BCUT2D eigenvalue weighted by Gasteiger charge is -2.23. The van der Waals surface area contributed by atoms with Crippen molar-refractivity contribution in [3.05, 3.63) is 52.1 Å². The van der Waals surface area contributed by atoms with E-state index in [4.69, 9.17) is 4.74 Å². The Kier molecular flexibility index (Phi) is 8.40. The smallest absolute Gasteiger partial charge is 0.294 e. The molecule has 0 amide bonds. The number of benzene rings is 1. The van der Waals surface area contributed by atoms with E-state index < -0.39 is 10.5 Å². The number of hydrogen-bond donors (Lipinski definition) is 3. The molecule has 2 aromatic heterocycles. The van der Waals surface area contributed by atoms with Crippen LogP contribution in [0.15, 0.2) is 30.6 Å².